The van der Waals surface area contributed by atoms with Crippen molar-refractivity contribution in [2.24, 2.45) is 0 Å². The minimum absolute atomic E-state index is 0.0428. The number of amides is 1. The topological polar surface area (TPSA) is 66.4 Å². The van der Waals surface area contributed by atoms with Crippen LogP contribution in [0, 0.1) is 12.7 Å². The van der Waals surface area contributed by atoms with Crippen molar-refractivity contribution in [2.45, 2.75) is 6.92 Å². The highest BCUT2D eigenvalue weighted by molar-refractivity contribution is 9.10. The van der Waals surface area contributed by atoms with Gasteiger partial charge in [0.1, 0.15) is 5.82 Å². The van der Waals surface area contributed by atoms with Crippen molar-refractivity contribution in [3.63, 3.8) is 0 Å². The predicted molar refractivity (Wildman–Crippen MR) is 80.2 cm³/mol. The highest BCUT2D eigenvalue weighted by Gasteiger charge is 2.17. The molecule has 0 unspecified atom stereocenters. The van der Waals surface area contributed by atoms with Crippen LogP contribution in [0.4, 0.5) is 10.1 Å². The highest BCUT2D eigenvalue weighted by atomic mass is 79.9. The van der Waals surface area contributed by atoms with Crippen LogP contribution in [0.2, 0.25) is 0 Å². The Morgan fingerprint density at radius 3 is 2.57 bits per heavy atom. The molecule has 0 saturated carbocycles. The molecular formula is C15H11BrFNO3. The van der Waals surface area contributed by atoms with Gasteiger partial charge in [-0.2, -0.15) is 0 Å². The molecule has 0 atom stereocenters. The molecule has 0 radical (unpaired) electrons. The van der Waals surface area contributed by atoms with Gasteiger partial charge in [-0.3, -0.25) is 4.79 Å². The summed E-state index contributed by atoms with van der Waals surface area (Å²) in [5.74, 6) is -2.55. The Hall–Kier alpha value is -2.21. The van der Waals surface area contributed by atoms with E-state index in [0.29, 0.717) is 10.0 Å². The molecule has 2 rings (SSSR count). The fourth-order valence-corrected chi connectivity index (χ4v) is 2.23. The molecule has 1 amide bonds. The number of hydrogen-bond donors (Lipinski definition) is 2. The largest absolute Gasteiger partial charge is 0.478 e. The zero-order chi connectivity index (χ0) is 15.6. The maximum atomic E-state index is 13.7. The van der Waals surface area contributed by atoms with Crippen LogP contribution in [0.3, 0.4) is 0 Å². The van der Waals surface area contributed by atoms with E-state index in [4.69, 9.17) is 5.11 Å². The van der Waals surface area contributed by atoms with Crippen LogP contribution in [-0.2, 0) is 0 Å². The molecule has 0 spiro atoms. The van der Waals surface area contributed by atoms with E-state index in [1.54, 1.807) is 19.1 Å². The summed E-state index contributed by atoms with van der Waals surface area (Å²) in [7, 11) is 0. The summed E-state index contributed by atoms with van der Waals surface area (Å²) in [6, 6.07) is 8.59. The van der Waals surface area contributed by atoms with E-state index in [-0.39, 0.29) is 16.8 Å². The molecule has 0 aliphatic carbocycles. The summed E-state index contributed by atoms with van der Waals surface area (Å²) in [5.41, 5.74) is 0.538. The summed E-state index contributed by atoms with van der Waals surface area (Å²) in [5, 5.41) is 11.6. The lowest BCUT2D eigenvalue weighted by atomic mass is 10.1. The van der Waals surface area contributed by atoms with Crippen LogP contribution in [0.15, 0.2) is 40.9 Å². The molecular weight excluding hydrogens is 341 g/mol. The van der Waals surface area contributed by atoms with Crippen molar-refractivity contribution < 1.29 is 19.1 Å². The first-order valence-electron chi connectivity index (χ1n) is 5.99. The third kappa shape index (κ3) is 3.28. The van der Waals surface area contributed by atoms with Gasteiger partial charge in [0.2, 0.25) is 0 Å². The minimum Gasteiger partial charge on any atom is -0.478 e. The third-order valence-corrected chi connectivity index (χ3v) is 3.41. The van der Waals surface area contributed by atoms with E-state index < -0.39 is 17.7 Å². The number of rotatable bonds is 3. The second kappa shape index (κ2) is 6.05. The number of benzene rings is 2. The number of hydrogen-bond acceptors (Lipinski definition) is 2. The number of carbonyl (C=O) groups is 2. The fourth-order valence-electron chi connectivity index (χ4n) is 1.86. The van der Waals surface area contributed by atoms with Crippen molar-refractivity contribution in [3.05, 3.63) is 63.4 Å². The minimum atomic E-state index is -1.16. The average Bonchev–Trinajstić information content (AvgIpc) is 2.43. The monoisotopic (exact) mass is 351 g/mol. The highest BCUT2D eigenvalue weighted by Crippen LogP contribution is 2.23. The first-order valence-corrected chi connectivity index (χ1v) is 6.78. The van der Waals surface area contributed by atoms with E-state index in [0.717, 1.165) is 6.07 Å². The lowest BCUT2D eigenvalue weighted by molar-refractivity contribution is 0.0698. The van der Waals surface area contributed by atoms with Gasteiger partial charge < -0.3 is 10.4 Å². The van der Waals surface area contributed by atoms with Gasteiger partial charge in [0.15, 0.2) is 0 Å². The van der Waals surface area contributed by atoms with Crippen LogP contribution in [0.5, 0.6) is 0 Å². The predicted octanol–water partition coefficient (Wildman–Crippen LogP) is 3.85. The van der Waals surface area contributed by atoms with Gasteiger partial charge in [0, 0.05) is 4.47 Å². The molecule has 21 heavy (non-hydrogen) atoms. The van der Waals surface area contributed by atoms with E-state index >= 15 is 0 Å². The molecule has 2 N–H and O–H groups in total. The van der Waals surface area contributed by atoms with E-state index in [1.165, 1.54) is 18.2 Å². The van der Waals surface area contributed by atoms with Crippen LogP contribution in [0.1, 0.15) is 26.3 Å². The summed E-state index contributed by atoms with van der Waals surface area (Å²) in [4.78, 5) is 23.3. The molecule has 0 aliphatic rings. The SMILES string of the molecule is Cc1cccc(C(=O)O)c1NC(=O)c1cc(Br)ccc1F. The van der Waals surface area contributed by atoms with E-state index in [2.05, 4.69) is 21.2 Å². The second-order valence-corrected chi connectivity index (χ2v) is 5.30. The Morgan fingerprint density at radius 1 is 1.19 bits per heavy atom. The molecule has 0 aliphatic heterocycles. The number of carbonyl (C=O) groups excluding carboxylic acids is 1. The van der Waals surface area contributed by atoms with Crippen molar-refractivity contribution in [3.8, 4) is 0 Å². The summed E-state index contributed by atoms with van der Waals surface area (Å²) < 4.78 is 14.2. The first-order chi connectivity index (χ1) is 9.90. The van der Waals surface area contributed by atoms with Gasteiger partial charge in [-0.1, -0.05) is 28.1 Å². The summed E-state index contributed by atoms with van der Waals surface area (Å²) >= 11 is 3.16. The lowest BCUT2D eigenvalue weighted by Crippen LogP contribution is -2.17. The zero-order valence-electron chi connectivity index (χ0n) is 11.0. The maximum Gasteiger partial charge on any atom is 0.337 e. The molecule has 0 fully saturated rings. The Kier molecular flexibility index (Phi) is 4.37. The van der Waals surface area contributed by atoms with Gasteiger partial charge >= 0.3 is 5.97 Å². The Labute approximate surface area is 128 Å². The van der Waals surface area contributed by atoms with Gasteiger partial charge in [0.25, 0.3) is 5.91 Å². The summed E-state index contributed by atoms with van der Waals surface area (Å²) in [6.07, 6.45) is 0. The smallest absolute Gasteiger partial charge is 0.337 e. The number of carboxylic acids is 1. The molecule has 2 aromatic rings. The molecule has 0 saturated heterocycles. The Morgan fingerprint density at radius 2 is 1.90 bits per heavy atom. The maximum absolute atomic E-state index is 13.7. The molecule has 0 aromatic heterocycles. The molecule has 2 aromatic carbocycles. The van der Waals surface area contributed by atoms with E-state index in [9.17, 15) is 14.0 Å². The number of anilines is 1. The normalized spacial score (nSPS) is 10.2. The standard InChI is InChI=1S/C15H11BrFNO3/c1-8-3-2-4-10(15(20)21)13(8)18-14(19)11-7-9(16)5-6-12(11)17/h2-7H,1H3,(H,18,19)(H,20,21). The van der Waals surface area contributed by atoms with Gasteiger partial charge in [-0.25, -0.2) is 9.18 Å². The Bertz CT molecular complexity index is 731. The lowest BCUT2D eigenvalue weighted by Gasteiger charge is -2.12. The number of aryl methyl sites for hydroxylation is 1. The van der Waals surface area contributed by atoms with Crippen LogP contribution in [0.25, 0.3) is 0 Å². The molecule has 4 nitrogen and oxygen atoms in total. The second-order valence-electron chi connectivity index (χ2n) is 4.38. The summed E-state index contributed by atoms with van der Waals surface area (Å²) in [6.45, 7) is 1.67. The van der Waals surface area contributed by atoms with Gasteiger partial charge in [-0.05, 0) is 36.8 Å². The number of carboxylic acid groups (broad SMARTS) is 1. The van der Waals surface area contributed by atoms with Crippen LogP contribution in [-0.4, -0.2) is 17.0 Å². The molecule has 108 valence electrons. The quantitative estimate of drug-likeness (QED) is 0.882. The van der Waals surface area contributed by atoms with Crippen LogP contribution >= 0.6 is 15.9 Å². The van der Waals surface area contributed by atoms with E-state index in [1.807, 2.05) is 0 Å². The van der Waals surface area contributed by atoms with Crippen molar-refractivity contribution in [1.82, 2.24) is 0 Å². The third-order valence-electron chi connectivity index (χ3n) is 2.91. The zero-order valence-corrected chi connectivity index (χ0v) is 12.6. The number of halogens is 2. The molecule has 0 heterocycles. The Balaban J connectivity index is 2.41. The number of aromatic carboxylic acids is 1. The van der Waals surface area contributed by atoms with Gasteiger partial charge in [0.05, 0.1) is 16.8 Å². The van der Waals surface area contributed by atoms with Crippen molar-refractivity contribution in [2.75, 3.05) is 5.32 Å². The van der Waals surface area contributed by atoms with Crippen molar-refractivity contribution >= 4 is 33.5 Å². The first kappa shape index (κ1) is 15.2. The molecule has 6 heteroatoms. The van der Waals surface area contributed by atoms with Crippen LogP contribution < -0.4 is 5.32 Å². The van der Waals surface area contributed by atoms with Gasteiger partial charge in [-0.15, -0.1) is 0 Å². The molecule has 0 bridgehead atoms. The average molecular weight is 352 g/mol. The number of para-hydroxylation sites is 1. The fraction of sp³-hybridized carbons (Fsp3) is 0.0667. The number of nitrogens with one attached hydrogen (secondary N) is 1. The van der Waals surface area contributed by atoms with Crippen molar-refractivity contribution in [1.29, 1.82) is 0 Å².